The van der Waals surface area contributed by atoms with E-state index in [1.54, 1.807) is 0 Å². The molecule has 0 spiro atoms. The number of ether oxygens (including phenoxy) is 2. The van der Waals surface area contributed by atoms with Crippen molar-refractivity contribution in [3.8, 4) is 0 Å². The lowest BCUT2D eigenvalue weighted by Crippen LogP contribution is -2.53. The van der Waals surface area contributed by atoms with Crippen molar-refractivity contribution in [3.63, 3.8) is 0 Å². The Balaban J connectivity index is 1.53. The monoisotopic (exact) mass is 338 g/mol. The van der Waals surface area contributed by atoms with Crippen molar-refractivity contribution in [1.82, 2.24) is 15.1 Å². The molecule has 138 valence electrons. The van der Waals surface area contributed by atoms with Gasteiger partial charge < -0.3 is 19.7 Å². The maximum atomic E-state index is 5.96. The lowest BCUT2D eigenvalue weighted by atomic mass is 10.1. The van der Waals surface area contributed by atoms with Gasteiger partial charge >= 0.3 is 0 Å². The number of aliphatic imine (C=N–C) groups is 1. The van der Waals surface area contributed by atoms with Gasteiger partial charge in [-0.3, -0.25) is 9.89 Å². The van der Waals surface area contributed by atoms with Crippen LogP contribution in [0.5, 0.6) is 0 Å². The second-order valence-corrected chi connectivity index (χ2v) is 7.00. The molecule has 2 aliphatic heterocycles. The minimum absolute atomic E-state index is 0.184. The van der Waals surface area contributed by atoms with Gasteiger partial charge in [-0.2, -0.15) is 0 Å². The van der Waals surface area contributed by atoms with Crippen LogP contribution in [0.25, 0.3) is 0 Å². The second-order valence-electron chi connectivity index (χ2n) is 7.00. The van der Waals surface area contributed by atoms with E-state index in [1.165, 1.54) is 12.8 Å². The van der Waals surface area contributed by atoms with Gasteiger partial charge in [0.2, 0.25) is 0 Å². The third-order valence-electron chi connectivity index (χ3n) is 5.23. The van der Waals surface area contributed by atoms with Gasteiger partial charge in [-0.1, -0.05) is 6.92 Å². The molecule has 2 saturated heterocycles. The Morgan fingerprint density at radius 2 is 2.00 bits per heavy atom. The Bertz CT molecular complexity index is 408. The molecule has 3 fully saturated rings. The molecule has 3 aliphatic rings. The lowest BCUT2D eigenvalue weighted by molar-refractivity contribution is -0.0817. The SMILES string of the molecule is CCNC(=NCCN(CC)C1CC1)N1CCOC(C2CCCO2)C1. The highest BCUT2D eigenvalue weighted by atomic mass is 16.5. The molecular weight excluding hydrogens is 304 g/mol. The van der Waals surface area contributed by atoms with Crippen molar-refractivity contribution in [1.29, 1.82) is 0 Å². The summed E-state index contributed by atoms with van der Waals surface area (Å²) in [5.41, 5.74) is 0. The first-order chi connectivity index (χ1) is 11.8. The zero-order chi connectivity index (χ0) is 16.8. The number of nitrogens with zero attached hydrogens (tertiary/aromatic N) is 3. The molecule has 0 amide bonds. The van der Waals surface area contributed by atoms with E-state index in [4.69, 9.17) is 14.5 Å². The number of likely N-dealkylation sites (N-methyl/N-ethyl adjacent to an activating group) is 1. The van der Waals surface area contributed by atoms with E-state index in [2.05, 4.69) is 29.0 Å². The summed E-state index contributed by atoms with van der Waals surface area (Å²) in [4.78, 5) is 9.80. The molecule has 0 aromatic rings. The average molecular weight is 338 g/mol. The quantitative estimate of drug-likeness (QED) is 0.560. The van der Waals surface area contributed by atoms with E-state index >= 15 is 0 Å². The van der Waals surface area contributed by atoms with E-state index in [0.29, 0.717) is 0 Å². The molecule has 6 nitrogen and oxygen atoms in total. The zero-order valence-electron chi connectivity index (χ0n) is 15.4. The summed E-state index contributed by atoms with van der Waals surface area (Å²) in [6, 6.07) is 0.820. The second kappa shape index (κ2) is 9.02. The van der Waals surface area contributed by atoms with Gasteiger partial charge in [-0.25, -0.2) is 0 Å². The number of nitrogens with one attached hydrogen (secondary N) is 1. The van der Waals surface area contributed by atoms with Crippen LogP contribution in [0.15, 0.2) is 4.99 Å². The van der Waals surface area contributed by atoms with Gasteiger partial charge in [0.25, 0.3) is 0 Å². The topological polar surface area (TPSA) is 49.3 Å². The van der Waals surface area contributed by atoms with Crippen LogP contribution in [0, 0.1) is 0 Å². The molecule has 0 bridgehead atoms. The maximum Gasteiger partial charge on any atom is 0.194 e. The van der Waals surface area contributed by atoms with Gasteiger partial charge in [0.05, 0.1) is 19.3 Å². The van der Waals surface area contributed by atoms with Crippen molar-refractivity contribution in [3.05, 3.63) is 0 Å². The van der Waals surface area contributed by atoms with Gasteiger partial charge in [0.15, 0.2) is 5.96 Å². The third-order valence-corrected chi connectivity index (χ3v) is 5.23. The molecule has 6 heteroatoms. The van der Waals surface area contributed by atoms with Crippen molar-refractivity contribution >= 4 is 5.96 Å². The van der Waals surface area contributed by atoms with Crippen LogP contribution in [0.3, 0.4) is 0 Å². The molecule has 3 rings (SSSR count). The Labute approximate surface area is 146 Å². The van der Waals surface area contributed by atoms with Crippen LogP contribution in [0.4, 0.5) is 0 Å². The summed E-state index contributed by atoms with van der Waals surface area (Å²) in [6.07, 6.45) is 5.46. The minimum Gasteiger partial charge on any atom is -0.375 e. The van der Waals surface area contributed by atoms with Crippen LogP contribution in [-0.4, -0.2) is 86.5 Å². The molecule has 0 aromatic carbocycles. The smallest absolute Gasteiger partial charge is 0.194 e. The number of morpholine rings is 1. The fraction of sp³-hybridized carbons (Fsp3) is 0.944. The van der Waals surface area contributed by atoms with E-state index < -0.39 is 0 Å². The van der Waals surface area contributed by atoms with Crippen LogP contribution < -0.4 is 5.32 Å². The first-order valence-corrected chi connectivity index (χ1v) is 9.82. The molecule has 2 unspecified atom stereocenters. The summed E-state index contributed by atoms with van der Waals surface area (Å²) in [5, 5.41) is 3.46. The number of hydrogen-bond acceptors (Lipinski definition) is 4. The molecule has 1 N–H and O–H groups in total. The highest BCUT2D eigenvalue weighted by Gasteiger charge is 2.32. The predicted octanol–water partition coefficient (Wildman–Crippen LogP) is 1.32. The summed E-state index contributed by atoms with van der Waals surface area (Å²) >= 11 is 0. The van der Waals surface area contributed by atoms with Gasteiger partial charge in [0.1, 0.15) is 6.10 Å². The molecule has 1 aliphatic carbocycles. The van der Waals surface area contributed by atoms with E-state index in [0.717, 1.165) is 77.3 Å². The minimum atomic E-state index is 0.184. The Morgan fingerprint density at radius 3 is 2.67 bits per heavy atom. The van der Waals surface area contributed by atoms with Crippen molar-refractivity contribution in [2.45, 2.75) is 57.8 Å². The molecule has 0 aromatic heterocycles. The fourth-order valence-corrected chi connectivity index (χ4v) is 3.74. The van der Waals surface area contributed by atoms with E-state index in [1.807, 2.05) is 0 Å². The molecule has 0 radical (unpaired) electrons. The summed E-state index contributed by atoms with van der Waals surface area (Å²) < 4.78 is 11.8. The van der Waals surface area contributed by atoms with Gasteiger partial charge in [-0.05, 0) is 39.2 Å². The fourth-order valence-electron chi connectivity index (χ4n) is 3.74. The van der Waals surface area contributed by atoms with Crippen LogP contribution >= 0.6 is 0 Å². The normalized spacial score (nSPS) is 28.6. The first-order valence-electron chi connectivity index (χ1n) is 9.82. The summed E-state index contributed by atoms with van der Waals surface area (Å²) in [5.74, 6) is 1.04. The van der Waals surface area contributed by atoms with Crippen LogP contribution in [-0.2, 0) is 9.47 Å². The highest BCUT2D eigenvalue weighted by molar-refractivity contribution is 5.80. The largest absolute Gasteiger partial charge is 0.375 e. The van der Waals surface area contributed by atoms with Crippen LogP contribution in [0.2, 0.25) is 0 Å². The van der Waals surface area contributed by atoms with Gasteiger partial charge in [0, 0.05) is 38.8 Å². The third kappa shape index (κ3) is 4.83. The van der Waals surface area contributed by atoms with Crippen molar-refractivity contribution in [2.24, 2.45) is 4.99 Å². The summed E-state index contributed by atoms with van der Waals surface area (Å²) in [7, 11) is 0. The summed E-state index contributed by atoms with van der Waals surface area (Å²) in [6.45, 7) is 11.8. The molecule has 24 heavy (non-hydrogen) atoms. The van der Waals surface area contributed by atoms with Crippen LogP contribution in [0.1, 0.15) is 39.5 Å². The van der Waals surface area contributed by atoms with E-state index in [-0.39, 0.29) is 12.2 Å². The molecule has 2 heterocycles. The van der Waals surface area contributed by atoms with Gasteiger partial charge in [-0.15, -0.1) is 0 Å². The number of hydrogen-bond donors (Lipinski definition) is 1. The standard InChI is InChI=1S/C18H34N4O2/c1-3-19-18(20-9-10-21(4-2)15-7-8-15)22-11-13-24-17(14-22)16-6-5-12-23-16/h15-17H,3-14H2,1-2H3,(H,19,20). The highest BCUT2D eigenvalue weighted by Crippen LogP contribution is 2.26. The van der Waals surface area contributed by atoms with E-state index in [9.17, 15) is 0 Å². The zero-order valence-corrected chi connectivity index (χ0v) is 15.4. The van der Waals surface area contributed by atoms with Crippen molar-refractivity contribution in [2.75, 3.05) is 52.5 Å². The molecule has 1 saturated carbocycles. The predicted molar refractivity (Wildman–Crippen MR) is 96.5 cm³/mol. The Hall–Kier alpha value is -0.850. The lowest BCUT2D eigenvalue weighted by Gasteiger charge is -2.37. The maximum absolute atomic E-state index is 5.96. The molecular formula is C18H34N4O2. The number of guanidine groups is 1. The Morgan fingerprint density at radius 1 is 1.17 bits per heavy atom. The average Bonchev–Trinajstić information content (AvgIpc) is 3.30. The molecule has 2 atom stereocenters. The number of rotatable bonds is 7. The Kier molecular flexibility index (Phi) is 6.75. The van der Waals surface area contributed by atoms with Crippen molar-refractivity contribution < 1.29 is 9.47 Å². The first kappa shape index (κ1) is 18.0.